The molecule has 1 saturated heterocycles. The summed E-state index contributed by atoms with van der Waals surface area (Å²) in [5, 5.41) is 15.3. The highest BCUT2D eigenvalue weighted by Gasteiger charge is 2.42. The van der Waals surface area contributed by atoms with Gasteiger partial charge in [0, 0.05) is 28.3 Å². The van der Waals surface area contributed by atoms with Crippen molar-refractivity contribution in [2.75, 3.05) is 4.90 Å². The summed E-state index contributed by atoms with van der Waals surface area (Å²) in [6, 6.07) is 21.3. The lowest BCUT2D eigenvalue weighted by Crippen LogP contribution is -2.29. The summed E-state index contributed by atoms with van der Waals surface area (Å²) in [6.45, 7) is 6.17. The molecule has 4 aromatic rings. The minimum atomic E-state index is -0.142. The standard InChI is InChI=1S/C27H25ClN4OS/c1-16-7-10-20(11-8-16)32-26(25(30-27(32)34)22-6-4-5-13-29-22)21-14-17(2)31(18(21)3)23-15-19(28)9-12-24(23)33/h4-15,25-26,33H,1-3H3,(H,30,34)/t25-,26+/m1/s1. The van der Waals surface area contributed by atoms with Crippen molar-refractivity contribution < 1.29 is 5.11 Å². The molecule has 5 nitrogen and oxygen atoms in total. The molecule has 1 fully saturated rings. The molecule has 0 aliphatic carbocycles. The topological polar surface area (TPSA) is 53.3 Å². The van der Waals surface area contributed by atoms with Crippen molar-refractivity contribution in [3.8, 4) is 11.4 Å². The molecule has 172 valence electrons. The number of nitrogens with one attached hydrogen (secondary N) is 1. The molecule has 3 heterocycles. The SMILES string of the molecule is Cc1ccc(N2C(=S)N[C@H](c3ccccn3)[C@@H]2c2cc(C)n(-c3cc(Cl)ccc3O)c2C)cc1. The number of hydrogen-bond donors (Lipinski definition) is 2. The van der Waals surface area contributed by atoms with E-state index in [4.69, 9.17) is 23.8 Å². The van der Waals surface area contributed by atoms with E-state index in [1.54, 1.807) is 24.4 Å². The first kappa shape index (κ1) is 22.4. The van der Waals surface area contributed by atoms with Crippen LogP contribution in [0, 0.1) is 20.8 Å². The lowest BCUT2D eigenvalue weighted by molar-refractivity contribution is 0.471. The number of anilines is 1. The van der Waals surface area contributed by atoms with E-state index in [0.717, 1.165) is 28.3 Å². The van der Waals surface area contributed by atoms with Crippen LogP contribution in [0.4, 0.5) is 5.69 Å². The number of phenols is 1. The molecule has 2 N–H and O–H groups in total. The number of halogens is 1. The van der Waals surface area contributed by atoms with E-state index in [0.29, 0.717) is 15.8 Å². The van der Waals surface area contributed by atoms with Crippen molar-refractivity contribution in [3.05, 3.63) is 106 Å². The Hall–Kier alpha value is -3.35. The molecule has 0 radical (unpaired) electrons. The number of aromatic nitrogens is 2. The fourth-order valence-corrected chi connectivity index (χ4v) is 5.30. The Bertz CT molecular complexity index is 1370. The third kappa shape index (κ3) is 3.83. The molecule has 34 heavy (non-hydrogen) atoms. The van der Waals surface area contributed by atoms with E-state index in [1.807, 2.05) is 29.7 Å². The Kier molecular flexibility index (Phi) is 5.80. The molecule has 2 atom stereocenters. The lowest BCUT2D eigenvalue weighted by Gasteiger charge is -2.28. The number of nitrogens with zero attached hydrogens (tertiary/aromatic N) is 3. The van der Waals surface area contributed by atoms with Gasteiger partial charge in [-0.2, -0.15) is 0 Å². The van der Waals surface area contributed by atoms with Crippen molar-refractivity contribution in [3.63, 3.8) is 0 Å². The predicted molar refractivity (Wildman–Crippen MR) is 141 cm³/mol. The van der Waals surface area contributed by atoms with E-state index in [1.165, 1.54) is 5.56 Å². The highest BCUT2D eigenvalue weighted by molar-refractivity contribution is 7.80. The molecule has 0 spiro atoms. The van der Waals surface area contributed by atoms with Crippen LogP contribution in [0.1, 0.15) is 40.3 Å². The van der Waals surface area contributed by atoms with Crippen molar-refractivity contribution in [1.82, 2.24) is 14.9 Å². The number of benzene rings is 2. The van der Waals surface area contributed by atoms with Gasteiger partial charge in [0.15, 0.2) is 5.11 Å². The largest absolute Gasteiger partial charge is 0.506 e. The van der Waals surface area contributed by atoms with E-state index in [2.05, 4.69) is 59.4 Å². The first-order chi connectivity index (χ1) is 16.3. The second-order valence-electron chi connectivity index (χ2n) is 8.63. The van der Waals surface area contributed by atoms with Crippen LogP contribution in [0.5, 0.6) is 5.75 Å². The molecule has 1 aliphatic heterocycles. The predicted octanol–water partition coefficient (Wildman–Crippen LogP) is 6.33. The van der Waals surface area contributed by atoms with Crippen LogP contribution >= 0.6 is 23.8 Å². The quantitative estimate of drug-likeness (QED) is 0.328. The number of aryl methyl sites for hydroxylation is 2. The van der Waals surface area contributed by atoms with Crippen LogP contribution in [-0.2, 0) is 0 Å². The number of hydrogen-bond acceptors (Lipinski definition) is 3. The van der Waals surface area contributed by atoms with Crippen molar-refractivity contribution >= 4 is 34.6 Å². The van der Waals surface area contributed by atoms with Crippen LogP contribution < -0.4 is 10.2 Å². The van der Waals surface area contributed by atoms with Crippen LogP contribution in [0.3, 0.4) is 0 Å². The molecule has 5 rings (SSSR count). The van der Waals surface area contributed by atoms with E-state index in [-0.39, 0.29) is 17.8 Å². The van der Waals surface area contributed by atoms with Crippen molar-refractivity contribution in [2.45, 2.75) is 32.9 Å². The third-order valence-electron chi connectivity index (χ3n) is 6.38. The van der Waals surface area contributed by atoms with E-state index < -0.39 is 0 Å². The number of aromatic hydroxyl groups is 1. The van der Waals surface area contributed by atoms with Crippen LogP contribution in [0.2, 0.25) is 5.02 Å². The smallest absolute Gasteiger partial charge is 0.174 e. The van der Waals surface area contributed by atoms with Gasteiger partial charge < -0.3 is 19.9 Å². The van der Waals surface area contributed by atoms with Crippen LogP contribution in [-0.4, -0.2) is 19.8 Å². The normalized spacial score (nSPS) is 17.8. The first-order valence-corrected chi connectivity index (χ1v) is 11.9. The highest BCUT2D eigenvalue weighted by atomic mass is 35.5. The van der Waals surface area contributed by atoms with Crippen molar-refractivity contribution in [2.24, 2.45) is 0 Å². The third-order valence-corrected chi connectivity index (χ3v) is 6.93. The second kappa shape index (κ2) is 8.78. The Balaban J connectivity index is 1.70. The number of thiocarbonyl (C=S) groups is 1. The maximum Gasteiger partial charge on any atom is 0.174 e. The average molecular weight is 489 g/mol. The minimum absolute atomic E-state index is 0.133. The van der Waals surface area contributed by atoms with Gasteiger partial charge in [-0.05, 0) is 87.1 Å². The Morgan fingerprint density at radius 2 is 1.76 bits per heavy atom. The maximum absolute atomic E-state index is 10.6. The number of rotatable bonds is 4. The first-order valence-electron chi connectivity index (χ1n) is 11.1. The van der Waals surface area contributed by atoms with E-state index >= 15 is 0 Å². The van der Waals surface area contributed by atoms with Crippen LogP contribution in [0.15, 0.2) is 72.9 Å². The molecule has 0 unspecified atom stereocenters. The van der Waals surface area contributed by atoms with Crippen LogP contribution in [0.25, 0.3) is 5.69 Å². The van der Waals surface area contributed by atoms with Gasteiger partial charge in [-0.1, -0.05) is 35.4 Å². The van der Waals surface area contributed by atoms with Gasteiger partial charge in [-0.15, -0.1) is 0 Å². The van der Waals surface area contributed by atoms with Gasteiger partial charge in [-0.3, -0.25) is 4.98 Å². The van der Waals surface area contributed by atoms with Gasteiger partial charge >= 0.3 is 0 Å². The summed E-state index contributed by atoms with van der Waals surface area (Å²) in [4.78, 5) is 6.81. The summed E-state index contributed by atoms with van der Waals surface area (Å²) in [5.74, 6) is 0.175. The lowest BCUT2D eigenvalue weighted by atomic mass is 9.96. The Labute approximate surface area is 209 Å². The molecular weight excluding hydrogens is 464 g/mol. The fraction of sp³-hybridized carbons (Fsp3) is 0.185. The van der Waals surface area contributed by atoms with Gasteiger partial charge in [-0.25, -0.2) is 0 Å². The second-order valence-corrected chi connectivity index (χ2v) is 9.45. The zero-order valence-electron chi connectivity index (χ0n) is 19.2. The fourth-order valence-electron chi connectivity index (χ4n) is 4.79. The summed E-state index contributed by atoms with van der Waals surface area (Å²) in [5.41, 5.74) is 6.87. The molecule has 1 aliphatic rings. The molecule has 2 aromatic carbocycles. The molecule has 2 aromatic heterocycles. The van der Waals surface area contributed by atoms with Gasteiger partial charge in [0.25, 0.3) is 0 Å². The summed E-state index contributed by atoms with van der Waals surface area (Å²) in [7, 11) is 0. The monoisotopic (exact) mass is 488 g/mol. The number of phenolic OH excluding ortho intramolecular Hbond substituents is 1. The Morgan fingerprint density at radius 3 is 2.47 bits per heavy atom. The Morgan fingerprint density at radius 1 is 1.00 bits per heavy atom. The highest BCUT2D eigenvalue weighted by Crippen LogP contribution is 2.44. The van der Waals surface area contributed by atoms with Gasteiger partial charge in [0.2, 0.25) is 0 Å². The number of pyridine rings is 1. The zero-order valence-corrected chi connectivity index (χ0v) is 20.7. The molecule has 7 heteroatoms. The summed E-state index contributed by atoms with van der Waals surface area (Å²) < 4.78 is 2.04. The maximum atomic E-state index is 10.6. The zero-order chi connectivity index (χ0) is 24.0. The molecule has 0 saturated carbocycles. The van der Waals surface area contributed by atoms with Gasteiger partial charge in [0.05, 0.1) is 23.5 Å². The summed E-state index contributed by atoms with van der Waals surface area (Å²) in [6.07, 6.45) is 1.80. The van der Waals surface area contributed by atoms with Gasteiger partial charge in [0.1, 0.15) is 5.75 Å². The molecular formula is C27H25ClN4OS. The van der Waals surface area contributed by atoms with Crippen molar-refractivity contribution in [1.29, 1.82) is 0 Å². The minimum Gasteiger partial charge on any atom is -0.506 e. The average Bonchev–Trinajstić information content (AvgIpc) is 3.32. The van der Waals surface area contributed by atoms with E-state index in [9.17, 15) is 5.11 Å². The summed E-state index contributed by atoms with van der Waals surface area (Å²) >= 11 is 12.1. The molecule has 0 bridgehead atoms. The molecule has 0 amide bonds.